The summed E-state index contributed by atoms with van der Waals surface area (Å²) in [6.45, 7) is 12.6. The highest BCUT2D eigenvalue weighted by molar-refractivity contribution is 8.02. The molecule has 3 fully saturated rings. The van der Waals surface area contributed by atoms with Crippen LogP contribution in [0.5, 0.6) is 0 Å². The molecule has 0 aliphatic carbocycles. The van der Waals surface area contributed by atoms with Gasteiger partial charge in [-0.3, -0.25) is 14.4 Å². The van der Waals surface area contributed by atoms with Crippen molar-refractivity contribution < 1.29 is 19.5 Å². The average molecular weight is 464 g/mol. The van der Waals surface area contributed by atoms with Crippen molar-refractivity contribution in [3.63, 3.8) is 0 Å². The van der Waals surface area contributed by atoms with E-state index in [0.29, 0.717) is 19.6 Å². The van der Waals surface area contributed by atoms with Gasteiger partial charge in [-0.1, -0.05) is 25.5 Å². The first kappa shape index (κ1) is 24.8. The van der Waals surface area contributed by atoms with Crippen LogP contribution in [0.1, 0.15) is 39.5 Å². The van der Waals surface area contributed by atoms with Gasteiger partial charge < -0.3 is 19.8 Å². The smallest absolute Gasteiger partial charge is 0.247 e. The van der Waals surface area contributed by atoms with Crippen LogP contribution in [0.3, 0.4) is 0 Å². The van der Waals surface area contributed by atoms with E-state index < -0.39 is 28.7 Å². The Bertz CT molecular complexity index is 774. The Morgan fingerprint density at radius 2 is 2.00 bits per heavy atom. The van der Waals surface area contributed by atoms with Gasteiger partial charge in [0.25, 0.3) is 0 Å². The number of carbonyl (C=O) groups is 3. The van der Waals surface area contributed by atoms with Crippen molar-refractivity contribution in [3.8, 4) is 0 Å². The third-order valence-electron chi connectivity index (χ3n) is 7.22. The molecular weight excluding hydrogens is 426 g/mol. The molecule has 2 unspecified atom stereocenters. The zero-order chi connectivity index (χ0) is 23.6. The molecule has 0 aromatic carbocycles. The number of nitrogens with zero attached hydrogens (tertiary/aromatic N) is 3. The van der Waals surface area contributed by atoms with E-state index in [-0.39, 0.29) is 29.6 Å². The number of aliphatic hydroxyl groups is 1. The molecule has 7 nitrogen and oxygen atoms in total. The van der Waals surface area contributed by atoms with Crippen LogP contribution in [0.2, 0.25) is 0 Å². The third kappa shape index (κ3) is 3.89. The molecule has 0 saturated carbocycles. The minimum absolute atomic E-state index is 0.0362. The van der Waals surface area contributed by atoms with Gasteiger partial charge in [-0.15, -0.1) is 24.9 Å². The Hall–Kier alpha value is -1.80. The molecule has 3 heterocycles. The fourth-order valence-corrected chi connectivity index (χ4v) is 7.91. The standard InChI is InChI=1S/C24H37N3O4S/c1-6-9-14-26(13-8-3)23(31)20-24-11-10-17(32-24)18(21(29)25(5)12-7-2)19(24)22(30)27(20)16(4)15-28/h7-8,16-20,28H,2-3,6,9-15H2,1,4-5H3/t16-,17+,18-,19+,20?,24?/m1/s1. The number of thioether (sulfide) groups is 1. The number of unbranched alkanes of at least 4 members (excludes halogenated alkanes) is 1. The van der Waals surface area contributed by atoms with Crippen LogP contribution in [0.25, 0.3) is 0 Å². The summed E-state index contributed by atoms with van der Waals surface area (Å²) < 4.78 is -0.622. The Balaban J connectivity index is 2.02. The van der Waals surface area contributed by atoms with E-state index in [2.05, 4.69) is 20.1 Å². The lowest BCUT2D eigenvalue weighted by Gasteiger charge is -2.39. The molecule has 6 atom stereocenters. The van der Waals surface area contributed by atoms with E-state index in [1.165, 1.54) is 0 Å². The SMILES string of the molecule is C=CCN(C)C(=O)[C@@H]1[C@@H]2CCC3(S2)C(C(=O)N(CC=C)CCCC)N([C@H](C)CO)C(=O)[C@H]13. The summed E-state index contributed by atoms with van der Waals surface area (Å²) in [5.74, 6) is -1.29. The number of hydrogen-bond donors (Lipinski definition) is 1. The first-order valence-corrected chi connectivity index (χ1v) is 12.5. The second-order valence-electron chi connectivity index (χ2n) is 9.27. The number of amides is 3. The van der Waals surface area contributed by atoms with Crippen molar-refractivity contribution in [3.05, 3.63) is 25.3 Å². The van der Waals surface area contributed by atoms with Crippen molar-refractivity contribution in [2.24, 2.45) is 11.8 Å². The molecule has 178 valence electrons. The molecular formula is C24H37N3O4S. The van der Waals surface area contributed by atoms with Gasteiger partial charge in [-0.25, -0.2) is 0 Å². The van der Waals surface area contributed by atoms with Crippen LogP contribution >= 0.6 is 11.8 Å². The number of likely N-dealkylation sites (N-methyl/N-ethyl adjacent to an activating group) is 1. The van der Waals surface area contributed by atoms with Crippen molar-refractivity contribution in [1.29, 1.82) is 0 Å². The van der Waals surface area contributed by atoms with E-state index in [0.717, 1.165) is 25.7 Å². The molecule has 1 spiro atoms. The summed E-state index contributed by atoms with van der Waals surface area (Å²) in [5, 5.41) is 9.97. The number of hydrogen-bond acceptors (Lipinski definition) is 5. The molecule has 32 heavy (non-hydrogen) atoms. The van der Waals surface area contributed by atoms with Crippen molar-refractivity contribution in [1.82, 2.24) is 14.7 Å². The molecule has 2 bridgehead atoms. The van der Waals surface area contributed by atoms with Gasteiger partial charge in [0.15, 0.2) is 0 Å². The summed E-state index contributed by atoms with van der Waals surface area (Å²) in [6, 6.07) is -1.16. The lowest BCUT2D eigenvalue weighted by molar-refractivity contribution is -0.146. The van der Waals surface area contributed by atoms with Gasteiger partial charge in [0.2, 0.25) is 17.7 Å². The summed E-state index contributed by atoms with van der Waals surface area (Å²) in [5.41, 5.74) is 0. The van der Waals surface area contributed by atoms with E-state index in [4.69, 9.17) is 0 Å². The van der Waals surface area contributed by atoms with Crippen molar-refractivity contribution >= 4 is 29.5 Å². The summed E-state index contributed by atoms with van der Waals surface area (Å²) in [6.07, 6.45) is 6.77. The number of rotatable bonds is 11. The minimum Gasteiger partial charge on any atom is -0.394 e. The molecule has 0 aromatic rings. The Morgan fingerprint density at radius 3 is 2.59 bits per heavy atom. The fourth-order valence-electron chi connectivity index (χ4n) is 5.72. The number of fused-ring (bicyclic) bond motifs is 1. The zero-order valence-corrected chi connectivity index (χ0v) is 20.4. The van der Waals surface area contributed by atoms with Gasteiger partial charge in [0, 0.05) is 31.9 Å². The highest BCUT2D eigenvalue weighted by atomic mass is 32.2. The maximum absolute atomic E-state index is 13.9. The summed E-state index contributed by atoms with van der Waals surface area (Å²) in [4.78, 5) is 46.1. The fraction of sp³-hybridized carbons (Fsp3) is 0.708. The molecule has 1 N–H and O–H groups in total. The number of likely N-dealkylation sites (tertiary alicyclic amines) is 1. The third-order valence-corrected chi connectivity index (χ3v) is 9.17. The summed E-state index contributed by atoms with van der Waals surface area (Å²) in [7, 11) is 1.74. The maximum atomic E-state index is 13.9. The van der Waals surface area contributed by atoms with Gasteiger partial charge >= 0.3 is 0 Å². The predicted octanol–water partition coefficient (Wildman–Crippen LogP) is 1.92. The second kappa shape index (κ2) is 10.00. The van der Waals surface area contributed by atoms with Crippen LogP contribution in [-0.2, 0) is 14.4 Å². The first-order valence-electron chi connectivity index (χ1n) is 11.6. The van der Waals surface area contributed by atoms with Crippen LogP contribution in [0, 0.1) is 11.8 Å². The van der Waals surface area contributed by atoms with E-state index in [1.807, 2.05) is 0 Å². The Kier molecular flexibility index (Phi) is 7.76. The van der Waals surface area contributed by atoms with Gasteiger partial charge in [-0.2, -0.15) is 0 Å². The van der Waals surface area contributed by atoms with Gasteiger partial charge in [0.1, 0.15) is 6.04 Å². The normalized spacial score (nSPS) is 31.4. The molecule has 0 radical (unpaired) electrons. The molecule has 3 saturated heterocycles. The first-order chi connectivity index (χ1) is 15.3. The predicted molar refractivity (Wildman–Crippen MR) is 127 cm³/mol. The Labute approximate surface area is 195 Å². The Morgan fingerprint density at radius 1 is 1.31 bits per heavy atom. The number of aliphatic hydroxyl groups excluding tert-OH is 1. The highest BCUT2D eigenvalue weighted by Crippen LogP contribution is 2.66. The quantitative estimate of drug-likeness (QED) is 0.474. The molecule has 3 amide bonds. The molecule has 3 aliphatic rings. The van der Waals surface area contributed by atoms with Gasteiger partial charge in [0.05, 0.1) is 29.2 Å². The topological polar surface area (TPSA) is 81.2 Å². The van der Waals surface area contributed by atoms with E-state index in [1.54, 1.807) is 52.6 Å². The molecule has 3 rings (SSSR count). The largest absolute Gasteiger partial charge is 0.394 e. The summed E-state index contributed by atoms with van der Waals surface area (Å²) >= 11 is 1.66. The second-order valence-corrected chi connectivity index (χ2v) is 10.9. The average Bonchev–Trinajstić information content (AvgIpc) is 3.42. The van der Waals surface area contributed by atoms with E-state index in [9.17, 15) is 19.5 Å². The van der Waals surface area contributed by atoms with Crippen molar-refractivity contribution in [2.45, 2.75) is 61.6 Å². The zero-order valence-electron chi connectivity index (χ0n) is 19.5. The van der Waals surface area contributed by atoms with Crippen LogP contribution < -0.4 is 0 Å². The lowest BCUT2D eigenvalue weighted by Crippen LogP contribution is -2.57. The van der Waals surface area contributed by atoms with Crippen molar-refractivity contribution in [2.75, 3.05) is 33.3 Å². The number of carbonyl (C=O) groups excluding carboxylic acids is 3. The van der Waals surface area contributed by atoms with Crippen LogP contribution in [0.4, 0.5) is 0 Å². The monoisotopic (exact) mass is 463 g/mol. The van der Waals surface area contributed by atoms with Crippen LogP contribution in [-0.4, -0.2) is 92.9 Å². The maximum Gasteiger partial charge on any atom is 0.247 e. The molecule has 8 heteroatoms. The van der Waals surface area contributed by atoms with Gasteiger partial charge in [-0.05, 0) is 26.2 Å². The minimum atomic E-state index is -0.670. The van der Waals surface area contributed by atoms with E-state index >= 15 is 0 Å². The molecule has 3 aliphatic heterocycles. The molecule has 0 aromatic heterocycles. The van der Waals surface area contributed by atoms with Crippen LogP contribution in [0.15, 0.2) is 25.3 Å². The lowest BCUT2D eigenvalue weighted by atomic mass is 9.70. The highest BCUT2D eigenvalue weighted by Gasteiger charge is 2.74.